The van der Waals surface area contributed by atoms with Crippen LogP contribution in [0.2, 0.25) is 0 Å². The Morgan fingerprint density at radius 2 is 2.11 bits per heavy atom. The predicted molar refractivity (Wildman–Crippen MR) is 65.7 cm³/mol. The van der Waals surface area contributed by atoms with Crippen LogP contribution in [0.25, 0.3) is 0 Å². The second-order valence-electron chi connectivity index (χ2n) is 3.41. The zero-order valence-corrected chi connectivity index (χ0v) is 10.2. The number of aliphatic hydroxyl groups excluding tert-OH is 1. The number of aliphatic hydroxyl groups is 1. The first kappa shape index (κ1) is 14.1. The average molecular weight is 252 g/mol. The Balaban J connectivity index is 2.56. The maximum atomic E-state index is 11.0. The Morgan fingerprint density at radius 3 is 2.67 bits per heavy atom. The lowest BCUT2D eigenvalue weighted by Crippen LogP contribution is -2.27. The molecule has 0 aliphatic carbocycles. The molecule has 0 saturated carbocycles. The smallest absolute Gasteiger partial charge is 0.330 e. The molecule has 0 unspecified atom stereocenters. The van der Waals surface area contributed by atoms with E-state index in [9.17, 15) is 4.79 Å². The third-order valence-corrected chi connectivity index (χ3v) is 2.15. The quantitative estimate of drug-likeness (QED) is 0.583. The highest BCUT2D eigenvalue weighted by Gasteiger charge is 2.13. The lowest BCUT2D eigenvalue weighted by Gasteiger charge is -2.16. The van der Waals surface area contributed by atoms with Crippen molar-refractivity contribution < 1.29 is 24.1 Å². The van der Waals surface area contributed by atoms with Crippen molar-refractivity contribution in [3.05, 3.63) is 36.9 Å². The van der Waals surface area contributed by atoms with Crippen molar-refractivity contribution in [2.75, 3.05) is 20.3 Å². The van der Waals surface area contributed by atoms with Crippen molar-refractivity contribution in [1.82, 2.24) is 0 Å². The van der Waals surface area contributed by atoms with Crippen LogP contribution in [0.1, 0.15) is 0 Å². The highest BCUT2D eigenvalue weighted by molar-refractivity contribution is 5.81. The van der Waals surface area contributed by atoms with Gasteiger partial charge in [0.25, 0.3) is 0 Å². The molecule has 1 aromatic rings. The monoisotopic (exact) mass is 252 g/mol. The number of esters is 1. The number of para-hydroxylation sites is 2. The molecule has 0 aromatic heterocycles. The van der Waals surface area contributed by atoms with Crippen molar-refractivity contribution in [3.8, 4) is 11.5 Å². The summed E-state index contributed by atoms with van der Waals surface area (Å²) in [5, 5.41) is 9.05. The van der Waals surface area contributed by atoms with Gasteiger partial charge >= 0.3 is 5.97 Å². The molecule has 5 heteroatoms. The zero-order chi connectivity index (χ0) is 13.4. The van der Waals surface area contributed by atoms with Gasteiger partial charge in [0.1, 0.15) is 6.61 Å². The molecule has 0 aliphatic heterocycles. The Labute approximate surface area is 106 Å². The van der Waals surface area contributed by atoms with E-state index in [-0.39, 0.29) is 13.2 Å². The fourth-order valence-electron chi connectivity index (χ4n) is 1.26. The molecule has 0 bridgehead atoms. The normalized spacial score (nSPS) is 11.4. The maximum absolute atomic E-state index is 11.0. The summed E-state index contributed by atoms with van der Waals surface area (Å²) in [5.41, 5.74) is 0. The summed E-state index contributed by atoms with van der Waals surface area (Å²) < 4.78 is 15.4. The number of carbonyl (C=O) groups excluding carboxylic acids is 1. The molecule has 0 aliphatic rings. The topological polar surface area (TPSA) is 65.0 Å². The third-order valence-electron chi connectivity index (χ3n) is 2.15. The van der Waals surface area contributed by atoms with Crippen LogP contribution in [0.3, 0.4) is 0 Å². The standard InChI is InChI=1S/C13H16O5/c1-3-13(15)18-10(8-14)9-17-12-7-5-4-6-11(12)16-2/h3-7,10,14H,1,8-9H2,2H3/t10-/m1/s1. The van der Waals surface area contributed by atoms with E-state index in [0.717, 1.165) is 6.08 Å². The second-order valence-corrected chi connectivity index (χ2v) is 3.41. The van der Waals surface area contributed by atoms with E-state index >= 15 is 0 Å². The van der Waals surface area contributed by atoms with Gasteiger partial charge < -0.3 is 19.3 Å². The molecule has 1 N–H and O–H groups in total. The highest BCUT2D eigenvalue weighted by atomic mass is 16.6. The first-order valence-corrected chi connectivity index (χ1v) is 5.41. The maximum Gasteiger partial charge on any atom is 0.330 e. The summed E-state index contributed by atoms with van der Waals surface area (Å²) in [7, 11) is 1.53. The van der Waals surface area contributed by atoms with Gasteiger partial charge in [0.05, 0.1) is 13.7 Å². The number of hydrogen-bond acceptors (Lipinski definition) is 5. The van der Waals surface area contributed by atoms with Crippen molar-refractivity contribution in [1.29, 1.82) is 0 Å². The van der Waals surface area contributed by atoms with Gasteiger partial charge in [0, 0.05) is 6.08 Å². The fourth-order valence-corrected chi connectivity index (χ4v) is 1.26. The van der Waals surface area contributed by atoms with Gasteiger partial charge in [0.15, 0.2) is 17.6 Å². The summed E-state index contributed by atoms with van der Waals surface area (Å²) in [6.45, 7) is 2.99. The van der Waals surface area contributed by atoms with E-state index in [1.165, 1.54) is 7.11 Å². The molecular formula is C13H16O5. The van der Waals surface area contributed by atoms with Gasteiger partial charge in [-0.05, 0) is 12.1 Å². The average Bonchev–Trinajstić information content (AvgIpc) is 2.43. The molecule has 0 saturated heterocycles. The van der Waals surface area contributed by atoms with Crippen LogP contribution in [-0.2, 0) is 9.53 Å². The number of ether oxygens (including phenoxy) is 3. The van der Waals surface area contributed by atoms with Crippen LogP contribution >= 0.6 is 0 Å². The third kappa shape index (κ3) is 4.10. The van der Waals surface area contributed by atoms with E-state index in [4.69, 9.17) is 19.3 Å². The molecule has 1 atom stereocenters. The van der Waals surface area contributed by atoms with Gasteiger partial charge in [-0.2, -0.15) is 0 Å². The summed E-state index contributed by atoms with van der Waals surface area (Å²) in [6, 6.07) is 7.08. The molecule has 0 heterocycles. The van der Waals surface area contributed by atoms with Gasteiger partial charge in [-0.1, -0.05) is 18.7 Å². The summed E-state index contributed by atoms with van der Waals surface area (Å²) in [4.78, 5) is 11.0. The largest absolute Gasteiger partial charge is 0.493 e. The summed E-state index contributed by atoms with van der Waals surface area (Å²) >= 11 is 0. The highest BCUT2D eigenvalue weighted by Crippen LogP contribution is 2.25. The minimum atomic E-state index is -0.736. The van der Waals surface area contributed by atoms with Crippen molar-refractivity contribution in [2.24, 2.45) is 0 Å². The molecule has 1 rings (SSSR count). The van der Waals surface area contributed by atoms with E-state index in [2.05, 4.69) is 6.58 Å². The zero-order valence-electron chi connectivity index (χ0n) is 10.2. The molecule has 0 amide bonds. The Morgan fingerprint density at radius 1 is 1.44 bits per heavy atom. The summed E-state index contributed by atoms with van der Waals surface area (Å²) in [6.07, 6.45) is 0.298. The molecule has 98 valence electrons. The lowest BCUT2D eigenvalue weighted by molar-refractivity contribution is -0.146. The SMILES string of the molecule is C=CC(=O)O[C@H](CO)COc1ccccc1OC. The van der Waals surface area contributed by atoms with E-state index in [1.54, 1.807) is 18.2 Å². The number of hydrogen-bond donors (Lipinski definition) is 1. The summed E-state index contributed by atoms with van der Waals surface area (Å²) in [5.74, 6) is 0.495. The van der Waals surface area contributed by atoms with E-state index < -0.39 is 12.1 Å². The number of benzene rings is 1. The molecule has 0 spiro atoms. The van der Waals surface area contributed by atoms with E-state index in [1.807, 2.05) is 6.07 Å². The molecule has 0 fully saturated rings. The number of carbonyl (C=O) groups is 1. The van der Waals surface area contributed by atoms with Crippen molar-refractivity contribution >= 4 is 5.97 Å². The Bertz CT molecular complexity index is 402. The Kier molecular flexibility index (Phi) is 5.73. The molecule has 1 aromatic carbocycles. The van der Waals surface area contributed by atoms with Crippen LogP contribution in [0.4, 0.5) is 0 Å². The van der Waals surface area contributed by atoms with Crippen LogP contribution < -0.4 is 9.47 Å². The van der Waals surface area contributed by atoms with Gasteiger partial charge in [-0.3, -0.25) is 0 Å². The predicted octanol–water partition coefficient (Wildman–Crippen LogP) is 1.16. The minimum absolute atomic E-state index is 0.0381. The van der Waals surface area contributed by atoms with Gasteiger partial charge in [-0.25, -0.2) is 4.79 Å². The van der Waals surface area contributed by atoms with Crippen LogP contribution in [0.15, 0.2) is 36.9 Å². The Hall–Kier alpha value is -2.01. The minimum Gasteiger partial charge on any atom is -0.493 e. The van der Waals surface area contributed by atoms with Crippen molar-refractivity contribution in [2.45, 2.75) is 6.10 Å². The van der Waals surface area contributed by atoms with Gasteiger partial charge in [-0.15, -0.1) is 0 Å². The molecular weight excluding hydrogens is 236 g/mol. The fraction of sp³-hybridized carbons (Fsp3) is 0.308. The van der Waals surface area contributed by atoms with Gasteiger partial charge in [0.2, 0.25) is 0 Å². The van der Waals surface area contributed by atoms with Crippen LogP contribution in [-0.4, -0.2) is 37.5 Å². The number of rotatable bonds is 7. The lowest BCUT2D eigenvalue weighted by atomic mass is 10.3. The molecule has 5 nitrogen and oxygen atoms in total. The number of methoxy groups -OCH3 is 1. The van der Waals surface area contributed by atoms with E-state index in [0.29, 0.717) is 11.5 Å². The first-order valence-electron chi connectivity index (χ1n) is 5.41. The van der Waals surface area contributed by atoms with Crippen molar-refractivity contribution in [3.63, 3.8) is 0 Å². The van der Waals surface area contributed by atoms with Crippen LogP contribution in [0, 0.1) is 0 Å². The first-order chi connectivity index (χ1) is 8.71. The van der Waals surface area contributed by atoms with Crippen LogP contribution in [0.5, 0.6) is 11.5 Å². The second kappa shape index (κ2) is 7.34. The molecule has 18 heavy (non-hydrogen) atoms. The molecule has 0 radical (unpaired) electrons.